The number of rotatable bonds is 5. The Kier molecular flexibility index (Phi) is 4.37. The monoisotopic (exact) mass is 240 g/mol. The summed E-state index contributed by atoms with van der Waals surface area (Å²) in [6, 6.07) is 19.1. The molecule has 0 spiro atoms. The lowest BCUT2D eigenvalue weighted by atomic mass is 10.1. The molecule has 0 aromatic heterocycles. The Hall–Kier alpha value is -1.80. The molecule has 0 aliphatic rings. The second-order valence-electron chi connectivity index (χ2n) is 4.28. The maximum absolute atomic E-state index is 5.57. The molecule has 0 bridgehead atoms. The van der Waals surface area contributed by atoms with Crippen LogP contribution >= 0.6 is 0 Å². The second kappa shape index (κ2) is 6.22. The number of hydrogen-bond donors (Lipinski definition) is 1. The molecule has 2 rings (SSSR count). The Labute approximate surface area is 109 Å². The fourth-order valence-electron chi connectivity index (χ4n) is 2.13. The minimum Gasteiger partial charge on any atom is -0.342 e. The number of para-hydroxylation sites is 1. The smallest absolute Gasteiger partial charge is 0.0410 e. The first-order valence-corrected chi connectivity index (χ1v) is 6.46. The molecule has 0 amide bonds. The van der Waals surface area contributed by atoms with Crippen LogP contribution < -0.4 is 10.6 Å². The maximum Gasteiger partial charge on any atom is 0.0410 e. The molecule has 0 radical (unpaired) electrons. The van der Waals surface area contributed by atoms with Crippen molar-refractivity contribution in [2.75, 3.05) is 18.0 Å². The maximum atomic E-state index is 5.57. The van der Waals surface area contributed by atoms with Gasteiger partial charge in [0, 0.05) is 17.9 Å². The van der Waals surface area contributed by atoms with Gasteiger partial charge in [0.15, 0.2) is 0 Å². The average Bonchev–Trinajstić information content (AvgIpc) is 2.43. The van der Waals surface area contributed by atoms with E-state index in [0.29, 0.717) is 6.54 Å². The Morgan fingerprint density at radius 3 is 2.06 bits per heavy atom. The highest BCUT2D eigenvalue weighted by Gasteiger charge is 2.05. The number of anilines is 2. The molecule has 0 aliphatic carbocycles. The summed E-state index contributed by atoms with van der Waals surface area (Å²) in [5, 5.41) is 0. The predicted octanol–water partition coefficient (Wildman–Crippen LogP) is 3.35. The van der Waals surface area contributed by atoms with Gasteiger partial charge in [-0.25, -0.2) is 0 Å². The summed E-state index contributed by atoms with van der Waals surface area (Å²) in [5.74, 6) is 0. The molecule has 0 fully saturated rings. The molecule has 18 heavy (non-hydrogen) atoms. The van der Waals surface area contributed by atoms with E-state index in [0.717, 1.165) is 13.0 Å². The van der Waals surface area contributed by atoms with Gasteiger partial charge in [0.2, 0.25) is 0 Å². The van der Waals surface area contributed by atoms with Crippen LogP contribution in [-0.4, -0.2) is 13.1 Å². The lowest BCUT2D eigenvalue weighted by Crippen LogP contribution is -2.15. The quantitative estimate of drug-likeness (QED) is 0.868. The van der Waals surface area contributed by atoms with Crippen LogP contribution in [0.15, 0.2) is 54.6 Å². The Balaban J connectivity index is 2.23. The third-order valence-electron chi connectivity index (χ3n) is 3.07. The van der Waals surface area contributed by atoms with Gasteiger partial charge in [0.05, 0.1) is 0 Å². The van der Waals surface area contributed by atoms with Gasteiger partial charge in [-0.05, 0) is 49.7 Å². The van der Waals surface area contributed by atoms with Crippen LogP contribution in [0.5, 0.6) is 0 Å². The first-order valence-electron chi connectivity index (χ1n) is 6.46. The zero-order chi connectivity index (χ0) is 12.8. The molecule has 0 heterocycles. The third kappa shape index (κ3) is 2.90. The highest BCUT2D eigenvalue weighted by Crippen LogP contribution is 2.24. The molecule has 2 heteroatoms. The van der Waals surface area contributed by atoms with Gasteiger partial charge in [-0.2, -0.15) is 0 Å². The van der Waals surface area contributed by atoms with Crippen LogP contribution in [0.25, 0.3) is 0 Å². The third-order valence-corrected chi connectivity index (χ3v) is 3.07. The van der Waals surface area contributed by atoms with Crippen LogP contribution in [0.1, 0.15) is 12.5 Å². The van der Waals surface area contributed by atoms with E-state index in [-0.39, 0.29) is 0 Å². The van der Waals surface area contributed by atoms with Crippen LogP contribution in [0.2, 0.25) is 0 Å². The Morgan fingerprint density at radius 1 is 0.889 bits per heavy atom. The van der Waals surface area contributed by atoms with E-state index in [2.05, 4.69) is 60.4 Å². The molecule has 0 atom stereocenters. The normalized spacial score (nSPS) is 10.3. The lowest BCUT2D eigenvalue weighted by Gasteiger charge is -2.23. The topological polar surface area (TPSA) is 29.3 Å². The van der Waals surface area contributed by atoms with E-state index >= 15 is 0 Å². The summed E-state index contributed by atoms with van der Waals surface area (Å²) in [5.41, 5.74) is 9.32. The number of nitrogens with two attached hydrogens (primary N) is 1. The second-order valence-corrected chi connectivity index (χ2v) is 4.28. The van der Waals surface area contributed by atoms with Crippen molar-refractivity contribution < 1.29 is 0 Å². The van der Waals surface area contributed by atoms with E-state index in [1.807, 2.05) is 6.07 Å². The van der Waals surface area contributed by atoms with Crippen molar-refractivity contribution in [2.45, 2.75) is 13.3 Å². The van der Waals surface area contributed by atoms with Crippen molar-refractivity contribution in [1.82, 2.24) is 0 Å². The van der Waals surface area contributed by atoms with E-state index in [4.69, 9.17) is 5.73 Å². The zero-order valence-corrected chi connectivity index (χ0v) is 10.8. The Morgan fingerprint density at radius 2 is 1.50 bits per heavy atom. The van der Waals surface area contributed by atoms with Crippen LogP contribution in [0, 0.1) is 0 Å². The van der Waals surface area contributed by atoms with Gasteiger partial charge >= 0.3 is 0 Å². The van der Waals surface area contributed by atoms with Gasteiger partial charge in [-0.15, -0.1) is 0 Å². The van der Waals surface area contributed by atoms with E-state index in [1.54, 1.807) is 0 Å². The fourth-order valence-corrected chi connectivity index (χ4v) is 2.13. The van der Waals surface area contributed by atoms with Crippen molar-refractivity contribution in [1.29, 1.82) is 0 Å². The summed E-state index contributed by atoms with van der Waals surface area (Å²) >= 11 is 0. The van der Waals surface area contributed by atoms with Crippen LogP contribution in [-0.2, 0) is 6.42 Å². The highest BCUT2D eigenvalue weighted by molar-refractivity contribution is 5.63. The number of benzene rings is 2. The van der Waals surface area contributed by atoms with Gasteiger partial charge in [0.1, 0.15) is 0 Å². The predicted molar refractivity (Wildman–Crippen MR) is 78.3 cm³/mol. The molecule has 0 saturated carbocycles. The van der Waals surface area contributed by atoms with Gasteiger partial charge in [-0.3, -0.25) is 0 Å². The summed E-state index contributed by atoms with van der Waals surface area (Å²) < 4.78 is 0. The summed E-state index contributed by atoms with van der Waals surface area (Å²) in [6.07, 6.45) is 0.942. The number of nitrogens with zero attached hydrogens (tertiary/aromatic N) is 1. The zero-order valence-electron chi connectivity index (χ0n) is 10.8. The summed E-state index contributed by atoms with van der Waals surface area (Å²) in [7, 11) is 0. The summed E-state index contributed by atoms with van der Waals surface area (Å²) in [6.45, 7) is 3.83. The first-order chi connectivity index (χ1) is 8.85. The SMILES string of the molecule is CCN(c1ccccc1)c1ccc(CCN)cc1. The van der Waals surface area contributed by atoms with Gasteiger partial charge < -0.3 is 10.6 Å². The number of hydrogen-bond acceptors (Lipinski definition) is 2. The van der Waals surface area contributed by atoms with Gasteiger partial charge in [-0.1, -0.05) is 30.3 Å². The molecular weight excluding hydrogens is 220 g/mol. The molecule has 2 N–H and O–H groups in total. The van der Waals surface area contributed by atoms with Gasteiger partial charge in [0.25, 0.3) is 0 Å². The van der Waals surface area contributed by atoms with Crippen molar-refractivity contribution >= 4 is 11.4 Å². The molecule has 0 aliphatic heterocycles. The molecule has 0 saturated heterocycles. The summed E-state index contributed by atoms with van der Waals surface area (Å²) in [4.78, 5) is 2.30. The molecule has 2 nitrogen and oxygen atoms in total. The van der Waals surface area contributed by atoms with Crippen molar-refractivity contribution in [3.63, 3.8) is 0 Å². The molecular formula is C16H20N2. The van der Waals surface area contributed by atoms with Crippen molar-refractivity contribution in [2.24, 2.45) is 5.73 Å². The van der Waals surface area contributed by atoms with E-state index in [1.165, 1.54) is 16.9 Å². The fraction of sp³-hybridized carbons (Fsp3) is 0.250. The highest BCUT2D eigenvalue weighted by atomic mass is 15.1. The Bertz CT molecular complexity index is 462. The van der Waals surface area contributed by atoms with Crippen LogP contribution in [0.3, 0.4) is 0 Å². The first kappa shape index (κ1) is 12.7. The lowest BCUT2D eigenvalue weighted by molar-refractivity contribution is 0.965. The largest absolute Gasteiger partial charge is 0.342 e. The van der Waals surface area contributed by atoms with E-state index < -0.39 is 0 Å². The minimum absolute atomic E-state index is 0.704. The van der Waals surface area contributed by atoms with Crippen LogP contribution in [0.4, 0.5) is 11.4 Å². The van der Waals surface area contributed by atoms with E-state index in [9.17, 15) is 0 Å². The molecule has 2 aromatic rings. The molecule has 0 unspecified atom stereocenters. The van der Waals surface area contributed by atoms with Crippen molar-refractivity contribution in [3.8, 4) is 0 Å². The standard InChI is InChI=1S/C16H20N2/c1-2-18(15-6-4-3-5-7-15)16-10-8-14(9-11-16)12-13-17/h3-11H,2,12-13,17H2,1H3. The molecule has 94 valence electrons. The van der Waals surface area contributed by atoms with Crippen molar-refractivity contribution in [3.05, 3.63) is 60.2 Å². The molecule has 2 aromatic carbocycles. The average molecular weight is 240 g/mol. The minimum atomic E-state index is 0.704.